The van der Waals surface area contributed by atoms with Crippen molar-refractivity contribution in [3.63, 3.8) is 0 Å². The van der Waals surface area contributed by atoms with Crippen molar-refractivity contribution >= 4 is 6.03 Å². The van der Waals surface area contributed by atoms with Crippen LogP contribution in [0.2, 0.25) is 0 Å². The number of benzene rings is 4. The monoisotopic (exact) mass is 648 g/mol. The van der Waals surface area contributed by atoms with Gasteiger partial charge in [-0.15, -0.1) is 0 Å². The SMILES string of the molecule is CCNC(=O)NCc1ccccc1-c1ccc(C2OC(CN3CCN(Cc4ccccc4)CC3)C(C)C(c3ccc(CO)cc3)O2)cc1. The summed E-state index contributed by atoms with van der Waals surface area (Å²) in [6.45, 7) is 11.1. The molecule has 2 fully saturated rings. The molecule has 8 nitrogen and oxygen atoms in total. The van der Waals surface area contributed by atoms with Gasteiger partial charge in [0, 0.05) is 63.8 Å². The Morgan fingerprint density at radius 1 is 0.771 bits per heavy atom. The van der Waals surface area contributed by atoms with E-state index in [1.807, 2.05) is 37.3 Å². The molecule has 0 spiro atoms. The molecular formula is C40H48N4O4. The van der Waals surface area contributed by atoms with Gasteiger partial charge < -0.3 is 25.2 Å². The molecule has 0 radical (unpaired) electrons. The maximum Gasteiger partial charge on any atom is 0.315 e. The Labute approximate surface area is 284 Å². The number of nitrogens with one attached hydrogen (secondary N) is 2. The molecule has 4 unspecified atom stereocenters. The van der Waals surface area contributed by atoms with E-state index in [1.54, 1.807) is 0 Å². The Morgan fingerprint density at radius 3 is 2.15 bits per heavy atom. The number of rotatable bonds is 11. The number of carbonyl (C=O) groups excluding carboxylic acids is 1. The van der Waals surface area contributed by atoms with E-state index in [0.29, 0.717) is 13.1 Å². The molecule has 4 aromatic carbocycles. The maximum atomic E-state index is 12.0. The van der Waals surface area contributed by atoms with E-state index < -0.39 is 6.29 Å². The Kier molecular flexibility index (Phi) is 11.5. The highest BCUT2D eigenvalue weighted by Gasteiger charge is 2.39. The number of nitrogens with zero attached hydrogens (tertiary/aromatic N) is 2. The quantitative estimate of drug-likeness (QED) is 0.178. The van der Waals surface area contributed by atoms with Crippen molar-refractivity contribution < 1.29 is 19.4 Å². The lowest BCUT2D eigenvalue weighted by Crippen LogP contribution is -2.51. The van der Waals surface area contributed by atoms with E-state index in [2.05, 4.69) is 100 Å². The highest BCUT2D eigenvalue weighted by Crippen LogP contribution is 2.42. The Bertz CT molecular complexity index is 1590. The third kappa shape index (κ3) is 8.50. The van der Waals surface area contributed by atoms with Crippen LogP contribution in [-0.4, -0.2) is 66.3 Å². The minimum Gasteiger partial charge on any atom is -0.392 e. The highest BCUT2D eigenvalue weighted by molar-refractivity contribution is 5.74. The van der Waals surface area contributed by atoms with Crippen molar-refractivity contribution in [3.05, 3.63) is 131 Å². The molecule has 0 aromatic heterocycles. The van der Waals surface area contributed by atoms with Gasteiger partial charge in [0.05, 0.1) is 18.8 Å². The van der Waals surface area contributed by atoms with Gasteiger partial charge in [-0.1, -0.05) is 110 Å². The van der Waals surface area contributed by atoms with Crippen LogP contribution in [0.25, 0.3) is 11.1 Å². The molecule has 0 bridgehead atoms. The fourth-order valence-electron chi connectivity index (χ4n) is 6.73. The van der Waals surface area contributed by atoms with Crippen molar-refractivity contribution in [1.29, 1.82) is 0 Å². The fraction of sp³-hybridized carbons (Fsp3) is 0.375. The second kappa shape index (κ2) is 16.4. The summed E-state index contributed by atoms with van der Waals surface area (Å²) < 4.78 is 13.5. The lowest BCUT2D eigenvalue weighted by Gasteiger charge is -2.44. The molecular weight excluding hydrogens is 600 g/mol. The van der Waals surface area contributed by atoms with Gasteiger partial charge in [-0.05, 0) is 40.3 Å². The van der Waals surface area contributed by atoms with Crippen molar-refractivity contribution in [2.45, 2.75) is 52.0 Å². The van der Waals surface area contributed by atoms with E-state index in [4.69, 9.17) is 9.47 Å². The summed E-state index contributed by atoms with van der Waals surface area (Å²) in [4.78, 5) is 17.1. The van der Waals surface area contributed by atoms with Gasteiger partial charge in [0.15, 0.2) is 6.29 Å². The van der Waals surface area contributed by atoms with Gasteiger partial charge in [0.25, 0.3) is 0 Å². The van der Waals surface area contributed by atoms with Crippen LogP contribution in [0.15, 0.2) is 103 Å². The van der Waals surface area contributed by atoms with Gasteiger partial charge in [-0.2, -0.15) is 0 Å². The smallest absolute Gasteiger partial charge is 0.315 e. The summed E-state index contributed by atoms with van der Waals surface area (Å²) in [5.74, 6) is 0.132. The molecule has 48 heavy (non-hydrogen) atoms. The number of hydrogen-bond acceptors (Lipinski definition) is 6. The third-order valence-electron chi connectivity index (χ3n) is 9.56. The molecule has 0 aliphatic carbocycles. The normalized spacial score (nSPS) is 21.9. The summed E-state index contributed by atoms with van der Waals surface area (Å²) in [6, 6.07) is 35.2. The molecule has 2 aliphatic heterocycles. The first-order valence-electron chi connectivity index (χ1n) is 17.2. The van der Waals surface area contributed by atoms with Gasteiger partial charge in [-0.3, -0.25) is 9.80 Å². The summed E-state index contributed by atoms with van der Waals surface area (Å²) >= 11 is 0. The van der Waals surface area contributed by atoms with E-state index in [9.17, 15) is 9.90 Å². The Balaban J connectivity index is 1.17. The molecule has 3 N–H and O–H groups in total. The fourth-order valence-corrected chi connectivity index (χ4v) is 6.73. The zero-order chi connectivity index (χ0) is 33.3. The van der Waals surface area contributed by atoms with Crippen molar-refractivity contribution in [3.8, 4) is 11.1 Å². The van der Waals surface area contributed by atoms with E-state index in [1.165, 1.54) is 5.56 Å². The van der Waals surface area contributed by atoms with E-state index in [-0.39, 0.29) is 30.8 Å². The van der Waals surface area contributed by atoms with E-state index in [0.717, 1.165) is 72.6 Å². The first kappa shape index (κ1) is 33.8. The number of amides is 2. The largest absolute Gasteiger partial charge is 0.392 e. The second-order valence-electron chi connectivity index (χ2n) is 12.9. The molecule has 6 rings (SSSR count). The molecule has 4 aromatic rings. The summed E-state index contributed by atoms with van der Waals surface area (Å²) in [5.41, 5.74) is 7.50. The third-order valence-corrected chi connectivity index (χ3v) is 9.56. The maximum absolute atomic E-state index is 12.0. The Morgan fingerprint density at radius 2 is 1.44 bits per heavy atom. The van der Waals surface area contributed by atoms with Crippen LogP contribution < -0.4 is 10.6 Å². The summed E-state index contributed by atoms with van der Waals surface area (Å²) in [7, 11) is 0. The molecule has 2 saturated heterocycles. The second-order valence-corrected chi connectivity index (χ2v) is 12.9. The molecule has 2 aliphatic rings. The van der Waals surface area contributed by atoms with E-state index >= 15 is 0 Å². The van der Waals surface area contributed by atoms with Gasteiger partial charge in [-0.25, -0.2) is 4.79 Å². The molecule has 2 amide bonds. The van der Waals surface area contributed by atoms with Gasteiger partial charge in [0.1, 0.15) is 0 Å². The van der Waals surface area contributed by atoms with Crippen LogP contribution in [0, 0.1) is 5.92 Å². The van der Waals surface area contributed by atoms with Gasteiger partial charge in [0.2, 0.25) is 0 Å². The molecule has 252 valence electrons. The van der Waals surface area contributed by atoms with Crippen LogP contribution in [0.5, 0.6) is 0 Å². The number of urea groups is 1. The van der Waals surface area contributed by atoms with Crippen LogP contribution >= 0.6 is 0 Å². The van der Waals surface area contributed by atoms with Crippen molar-refractivity contribution in [2.75, 3.05) is 39.3 Å². The number of piperazine rings is 1. The minimum atomic E-state index is -0.517. The summed E-state index contributed by atoms with van der Waals surface area (Å²) in [6.07, 6.45) is -0.689. The number of ether oxygens (including phenoxy) is 2. The predicted octanol–water partition coefficient (Wildman–Crippen LogP) is 6.27. The van der Waals surface area contributed by atoms with Crippen LogP contribution in [0.4, 0.5) is 4.79 Å². The lowest BCUT2D eigenvalue weighted by atomic mass is 9.89. The Hall–Kier alpha value is -4.05. The molecule has 8 heteroatoms. The highest BCUT2D eigenvalue weighted by atomic mass is 16.7. The number of carbonyl (C=O) groups is 1. The first-order valence-corrected chi connectivity index (χ1v) is 17.2. The lowest BCUT2D eigenvalue weighted by molar-refractivity contribution is -0.276. The average molecular weight is 649 g/mol. The molecule has 4 atom stereocenters. The summed E-state index contributed by atoms with van der Waals surface area (Å²) in [5, 5.41) is 15.4. The van der Waals surface area contributed by atoms with Crippen LogP contribution in [0.3, 0.4) is 0 Å². The minimum absolute atomic E-state index is 0.0173. The molecule has 2 heterocycles. The predicted molar refractivity (Wildman–Crippen MR) is 189 cm³/mol. The zero-order valence-corrected chi connectivity index (χ0v) is 28.1. The van der Waals surface area contributed by atoms with Gasteiger partial charge >= 0.3 is 6.03 Å². The standard InChI is InChI=1S/C40H48N4O4/c1-3-41-40(46)42-25-35-11-7-8-12-36(35)32-17-19-34(20-18-32)39-47-37(29(2)38(48-39)33-15-13-31(28-45)14-16-33)27-44-23-21-43(22-24-44)26-30-9-5-4-6-10-30/h4-20,29,37-39,45H,3,21-28H2,1-2H3,(H2,41,42,46). The zero-order valence-electron chi connectivity index (χ0n) is 28.1. The number of aliphatic hydroxyl groups is 1. The number of aliphatic hydroxyl groups excluding tert-OH is 1. The first-order chi connectivity index (χ1) is 23.5. The topological polar surface area (TPSA) is 86.3 Å². The average Bonchev–Trinajstić information content (AvgIpc) is 3.13. The molecule has 0 saturated carbocycles. The van der Waals surface area contributed by atoms with Crippen molar-refractivity contribution in [2.24, 2.45) is 5.92 Å². The van der Waals surface area contributed by atoms with Crippen LogP contribution in [0.1, 0.15) is 54.1 Å². The van der Waals surface area contributed by atoms with Crippen molar-refractivity contribution in [1.82, 2.24) is 20.4 Å². The van der Waals surface area contributed by atoms with Crippen LogP contribution in [-0.2, 0) is 29.2 Å². The number of hydrogen-bond donors (Lipinski definition) is 3.